The van der Waals surface area contributed by atoms with Crippen LogP contribution in [0.1, 0.15) is 20.8 Å². The summed E-state index contributed by atoms with van der Waals surface area (Å²) in [6.45, 7) is 5.30. The summed E-state index contributed by atoms with van der Waals surface area (Å²) in [6.07, 6.45) is -0.587. The zero-order chi connectivity index (χ0) is 12.3. The van der Waals surface area contributed by atoms with Crippen LogP contribution in [0, 0.1) is 9.39 Å². The number of rotatable bonds is 1. The molecule has 0 atom stereocenters. The molecule has 0 aliphatic rings. The molecule has 0 aliphatic heterocycles. The predicted octanol–water partition coefficient (Wildman–Crippen LogP) is 3.78. The average molecular weight is 337 g/mol. The molecule has 88 valence electrons. The molecule has 0 saturated carbocycles. The van der Waals surface area contributed by atoms with Crippen LogP contribution in [0.15, 0.2) is 18.2 Å². The highest BCUT2D eigenvalue weighted by molar-refractivity contribution is 14.1. The second kappa shape index (κ2) is 4.99. The minimum Gasteiger partial charge on any atom is -0.444 e. The van der Waals surface area contributed by atoms with Crippen LogP contribution in [0.4, 0.5) is 14.9 Å². The average Bonchev–Trinajstić information content (AvgIpc) is 2.08. The van der Waals surface area contributed by atoms with E-state index < -0.39 is 17.5 Å². The topological polar surface area (TPSA) is 38.3 Å². The zero-order valence-electron chi connectivity index (χ0n) is 9.30. The molecule has 1 N–H and O–H groups in total. The molecule has 5 heteroatoms. The van der Waals surface area contributed by atoms with Crippen molar-refractivity contribution in [2.24, 2.45) is 0 Å². The third-order valence-electron chi connectivity index (χ3n) is 1.56. The van der Waals surface area contributed by atoms with Crippen LogP contribution in [0.2, 0.25) is 0 Å². The number of amides is 1. The highest BCUT2D eigenvalue weighted by Gasteiger charge is 2.17. The van der Waals surface area contributed by atoms with Crippen LogP contribution >= 0.6 is 22.6 Å². The molecule has 0 aromatic heterocycles. The zero-order valence-corrected chi connectivity index (χ0v) is 11.5. The summed E-state index contributed by atoms with van der Waals surface area (Å²) in [6, 6.07) is 4.18. The van der Waals surface area contributed by atoms with E-state index in [-0.39, 0.29) is 0 Å². The van der Waals surface area contributed by atoms with Crippen LogP contribution in [0.3, 0.4) is 0 Å². The Labute approximate surface area is 108 Å². The molecule has 16 heavy (non-hydrogen) atoms. The molecule has 0 heterocycles. The number of benzene rings is 1. The van der Waals surface area contributed by atoms with Crippen LogP contribution in [-0.4, -0.2) is 11.7 Å². The summed E-state index contributed by atoms with van der Waals surface area (Å²) >= 11 is 2.01. The Hall–Kier alpha value is -0.850. The van der Waals surface area contributed by atoms with Gasteiger partial charge in [-0.2, -0.15) is 0 Å². The van der Waals surface area contributed by atoms with Gasteiger partial charge < -0.3 is 4.74 Å². The van der Waals surface area contributed by atoms with E-state index in [1.54, 1.807) is 26.8 Å². The Morgan fingerprint density at radius 2 is 2.06 bits per heavy atom. The Kier molecular flexibility index (Phi) is 4.12. The smallest absolute Gasteiger partial charge is 0.412 e. The summed E-state index contributed by atoms with van der Waals surface area (Å²) < 4.78 is 18.8. The first-order valence-corrected chi connectivity index (χ1v) is 5.81. The van der Waals surface area contributed by atoms with E-state index in [2.05, 4.69) is 5.32 Å². The van der Waals surface area contributed by atoms with E-state index in [1.165, 1.54) is 12.1 Å². The quantitative estimate of drug-likeness (QED) is 0.792. The number of carbonyl (C=O) groups excluding carboxylic acids is 1. The van der Waals surface area contributed by atoms with Crippen molar-refractivity contribution in [3.05, 3.63) is 27.6 Å². The van der Waals surface area contributed by atoms with Crippen molar-refractivity contribution in [1.29, 1.82) is 0 Å². The van der Waals surface area contributed by atoms with Crippen LogP contribution in [0.5, 0.6) is 0 Å². The maximum Gasteiger partial charge on any atom is 0.412 e. The first kappa shape index (κ1) is 13.2. The van der Waals surface area contributed by atoms with Gasteiger partial charge in [0.25, 0.3) is 0 Å². The van der Waals surface area contributed by atoms with Gasteiger partial charge in [0, 0.05) is 3.57 Å². The molecule has 0 radical (unpaired) electrons. The lowest BCUT2D eigenvalue weighted by Crippen LogP contribution is -2.27. The largest absolute Gasteiger partial charge is 0.444 e. The molecule has 1 rings (SSSR count). The molecule has 0 aliphatic carbocycles. The van der Waals surface area contributed by atoms with E-state index in [4.69, 9.17) is 4.74 Å². The van der Waals surface area contributed by atoms with Gasteiger partial charge in [-0.05, 0) is 61.6 Å². The first-order valence-electron chi connectivity index (χ1n) is 4.73. The number of anilines is 1. The SMILES string of the molecule is CC(C)(C)OC(=O)Nc1cc(F)ccc1I. The summed E-state index contributed by atoms with van der Waals surface area (Å²) in [7, 11) is 0. The number of ether oxygens (including phenoxy) is 1. The van der Waals surface area contributed by atoms with Gasteiger partial charge in [0.15, 0.2) is 0 Å². The molecule has 1 aromatic rings. The van der Waals surface area contributed by atoms with Gasteiger partial charge in [0.2, 0.25) is 0 Å². The van der Waals surface area contributed by atoms with E-state index in [1.807, 2.05) is 22.6 Å². The van der Waals surface area contributed by atoms with Gasteiger partial charge in [0.1, 0.15) is 11.4 Å². The predicted molar refractivity (Wildman–Crippen MR) is 69.0 cm³/mol. The van der Waals surface area contributed by atoms with Gasteiger partial charge in [0.05, 0.1) is 5.69 Å². The second-order valence-electron chi connectivity index (χ2n) is 4.25. The summed E-state index contributed by atoms with van der Waals surface area (Å²) in [4.78, 5) is 11.4. The van der Waals surface area contributed by atoms with Gasteiger partial charge in [-0.1, -0.05) is 0 Å². The first-order chi connectivity index (χ1) is 7.28. The van der Waals surface area contributed by atoms with E-state index >= 15 is 0 Å². The molecular formula is C11H13FINO2. The van der Waals surface area contributed by atoms with Gasteiger partial charge in [-0.3, -0.25) is 5.32 Å². The van der Waals surface area contributed by atoms with E-state index in [9.17, 15) is 9.18 Å². The standard InChI is InChI=1S/C11H13FINO2/c1-11(2,3)16-10(15)14-9-6-7(12)4-5-8(9)13/h4-6H,1-3H3,(H,14,15). The molecule has 1 aromatic carbocycles. The van der Waals surface area contributed by atoms with Gasteiger partial charge in [-0.15, -0.1) is 0 Å². The van der Waals surface area contributed by atoms with Crippen molar-refractivity contribution in [3.63, 3.8) is 0 Å². The Morgan fingerprint density at radius 1 is 1.44 bits per heavy atom. The molecule has 0 spiro atoms. The third kappa shape index (κ3) is 4.34. The fourth-order valence-corrected chi connectivity index (χ4v) is 1.48. The van der Waals surface area contributed by atoms with E-state index in [0.717, 1.165) is 3.57 Å². The Morgan fingerprint density at radius 3 is 2.62 bits per heavy atom. The van der Waals surface area contributed by atoms with Crippen molar-refractivity contribution < 1.29 is 13.9 Å². The Balaban J connectivity index is 2.73. The minimum atomic E-state index is -0.587. The van der Waals surface area contributed by atoms with Crippen molar-refractivity contribution in [2.45, 2.75) is 26.4 Å². The lowest BCUT2D eigenvalue weighted by molar-refractivity contribution is 0.0636. The van der Waals surface area contributed by atoms with Crippen molar-refractivity contribution in [2.75, 3.05) is 5.32 Å². The van der Waals surface area contributed by atoms with Gasteiger partial charge in [-0.25, -0.2) is 9.18 Å². The lowest BCUT2D eigenvalue weighted by atomic mass is 10.2. The molecule has 1 amide bonds. The summed E-state index contributed by atoms with van der Waals surface area (Å²) in [5.74, 6) is -0.397. The van der Waals surface area contributed by atoms with Crippen molar-refractivity contribution >= 4 is 34.4 Å². The Bertz CT molecular complexity index is 401. The lowest BCUT2D eigenvalue weighted by Gasteiger charge is -2.20. The normalized spacial score (nSPS) is 11.1. The monoisotopic (exact) mass is 337 g/mol. The second-order valence-corrected chi connectivity index (χ2v) is 5.41. The van der Waals surface area contributed by atoms with Crippen molar-refractivity contribution in [3.8, 4) is 0 Å². The van der Waals surface area contributed by atoms with Crippen LogP contribution < -0.4 is 5.32 Å². The highest BCUT2D eigenvalue weighted by atomic mass is 127. The highest BCUT2D eigenvalue weighted by Crippen LogP contribution is 2.20. The third-order valence-corrected chi connectivity index (χ3v) is 2.50. The summed E-state index contributed by atoms with van der Waals surface area (Å²) in [5, 5.41) is 2.50. The molecule has 0 saturated heterocycles. The van der Waals surface area contributed by atoms with E-state index in [0.29, 0.717) is 5.69 Å². The maximum atomic E-state index is 12.9. The van der Waals surface area contributed by atoms with Crippen LogP contribution in [-0.2, 0) is 4.74 Å². The minimum absolute atomic E-state index is 0.397. The fourth-order valence-electron chi connectivity index (χ4n) is 1.01. The number of hydrogen-bond acceptors (Lipinski definition) is 2. The molecular weight excluding hydrogens is 324 g/mol. The number of hydrogen-bond donors (Lipinski definition) is 1. The van der Waals surface area contributed by atoms with Gasteiger partial charge >= 0.3 is 6.09 Å². The fraction of sp³-hybridized carbons (Fsp3) is 0.364. The summed E-state index contributed by atoms with van der Waals surface area (Å²) in [5.41, 5.74) is -0.155. The number of carbonyl (C=O) groups is 1. The molecule has 0 bridgehead atoms. The maximum absolute atomic E-state index is 12.9. The van der Waals surface area contributed by atoms with Crippen molar-refractivity contribution in [1.82, 2.24) is 0 Å². The number of nitrogens with one attached hydrogen (secondary N) is 1. The molecule has 0 fully saturated rings. The number of halogens is 2. The molecule has 3 nitrogen and oxygen atoms in total. The molecule has 0 unspecified atom stereocenters. The van der Waals surface area contributed by atoms with Crippen LogP contribution in [0.25, 0.3) is 0 Å².